The van der Waals surface area contributed by atoms with Gasteiger partial charge in [-0.2, -0.15) is 0 Å². The number of benzene rings is 1. The van der Waals surface area contributed by atoms with Gasteiger partial charge in [0.15, 0.2) is 0 Å². The fourth-order valence-electron chi connectivity index (χ4n) is 2.44. The van der Waals surface area contributed by atoms with Gasteiger partial charge in [0.25, 0.3) is 0 Å². The van der Waals surface area contributed by atoms with Crippen LogP contribution in [0.25, 0.3) is 0 Å². The maximum absolute atomic E-state index is 12.4. The highest BCUT2D eigenvalue weighted by atomic mass is 16.2. The fraction of sp³-hybridized carbons (Fsp3) is 0.467. The number of carbonyl (C=O) groups excluding carboxylic acids is 2. The third-order valence-corrected chi connectivity index (χ3v) is 3.36. The van der Waals surface area contributed by atoms with Crippen molar-refractivity contribution in [2.75, 3.05) is 11.4 Å². The molecular weight excluding hydrogens is 240 g/mol. The minimum absolute atomic E-state index is 0.00111. The van der Waals surface area contributed by atoms with Crippen LogP contribution in [0.2, 0.25) is 0 Å². The first kappa shape index (κ1) is 13.6. The van der Waals surface area contributed by atoms with Gasteiger partial charge in [0.1, 0.15) is 6.04 Å². The molecule has 0 aromatic heterocycles. The Hall–Kier alpha value is -1.84. The van der Waals surface area contributed by atoms with E-state index >= 15 is 0 Å². The van der Waals surface area contributed by atoms with Gasteiger partial charge in [-0.3, -0.25) is 14.5 Å². The maximum atomic E-state index is 12.4. The van der Waals surface area contributed by atoms with Gasteiger partial charge in [-0.1, -0.05) is 32.0 Å². The molecule has 2 rings (SSSR count). The van der Waals surface area contributed by atoms with Crippen LogP contribution < -0.4 is 10.2 Å². The highest BCUT2D eigenvalue weighted by Gasteiger charge is 2.38. The van der Waals surface area contributed by atoms with E-state index in [2.05, 4.69) is 5.32 Å². The summed E-state index contributed by atoms with van der Waals surface area (Å²) in [5.41, 5.74) is 1.94. The number of rotatable bonds is 3. The molecular formula is C15H20N2O2. The van der Waals surface area contributed by atoms with E-state index < -0.39 is 6.04 Å². The lowest BCUT2D eigenvalue weighted by molar-refractivity contribution is -0.127. The summed E-state index contributed by atoms with van der Waals surface area (Å²) in [5, 5.41) is 2.81. The molecule has 0 saturated carbocycles. The minimum atomic E-state index is -0.410. The third kappa shape index (κ3) is 2.48. The van der Waals surface area contributed by atoms with E-state index in [0.717, 1.165) is 11.3 Å². The molecule has 2 amide bonds. The molecule has 0 fully saturated rings. The van der Waals surface area contributed by atoms with E-state index in [4.69, 9.17) is 0 Å². The average molecular weight is 260 g/mol. The van der Waals surface area contributed by atoms with Crippen molar-refractivity contribution in [3.63, 3.8) is 0 Å². The van der Waals surface area contributed by atoms with Gasteiger partial charge in [-0.15, -0.1) is 0 Å². The summed E-state index contributed by atoms with van der Waals surface area (Å²) in [7, 11) is 0. The molecule has 4 heteroatoms. The molecule has 1 N–H and O–H groups in total. The number of nitrogens with one attached hydrogen (secondary N) is 1. The normalized spacial score (nSPS) is 17.5. The van der Waals surface area contributed by atoms with Crippen LogP contribution in [0.15, 0.2) is 24.3 Å². The smallest absolute Gasteiger partial charge is 0.243 e. The average Bonchev–Trinajstić information content (AvgIpc) is 2.77. The molecule has 1 unspecified atom stereocenters. The van der Waals surface area contributed by atoms with Crippen LogP contribution in [0.3, 0.4) is 0 Å². The summed E-state index contributed by atoms with van der Waals surface area (Å²) >= 11 is 0. The van der Waals surface area contributed by atoms with Gasteiger partial charge in [-0.05, 0) is 18.6 Å². The zero-order chi connectivity index (χ0) is 14.0. The van der Waals surface area contributed by atoms with E-state index in [1.54, 1.807) is 4.90 Å². The number of hydrogen-bond donors (Lipinski definition) is 1. The Bertz CT molecular complexity index is 497. The van der Waals surface area contributed by atoms with Gasteiger partial charge < -0.3 is 5.32 Å². The largest absolute Gasteiger partial charge is 0.355 e. The molecule has 19 heavy (non-hydrogen) atoms. The van der Waals surface area contributed by atoms with E-state index in [1.165, 1.54) is 0 Å². The summed E-state index contributed by atoms with van der Waals surface area (Å²) in [4.78, 5) is 26.2. The molecule has 1 atom stereocenters. The summed E-state index contributed by atoms with van der Waals surface area (Å²) in [6, 6.07) is 7.33. The molecule has 0 spiro atoms. The highest BCUT2D eigenvalue weighted by molar-refractivity contribution is 6.04. The van der Waals surface area contributed by atoms with Gasteiger partial charge in [0.05, 0.1) is 0 Å². The number of carbonyl (C=O) groups is 2. The van der Waals surface area contributed by atoms with Crippen molar-refractivity contribution in [2.45, 2.75) is 33.2 Å². The van der Waals surface area contributed by atoms with Crippen molar-refractivity contribution >= 4 is 17.5 Å². The Balaban J connectivity index is 2.36. The number of nitrogens with zero attached hydrogens (tertiary/aromatic N) is 1. The van der Waals surface area contributed by atoms with Crippen molar-refractivity contribution < 1.29 is 9.59 Å². The van der Waals surface area contributed by atoms with Gasteiger partial charge in [0, 0.05) is 24.6 Å². The number of anilines is 1. The SMILES string of the molecule is CCNC(=O)C1Cc2ccccc2N1C(=O)C(C)C. The number of likely N-dealkylation sites (N-methyl/N-ethyl adjacent to an activating group) is 1. The zero-order valence-electron chi connectivity index (χ0n) is 11.6. The summed E-state index contributed by atoms with van der Waals surface area (Å²) in [5.74, 6) is -0.197. The van der Waals surface area contributed by atoms with Gasteiger partial charge >= 0.3 is 0 Å². The van der Waals surface area contributed by atoms with Crippen LogP contribution in [-0.2, 0) is 16.0 Å². The molecule has 1 heterocycles. The second kappa shape index (κ2) is 5.43. The Morgan fingerprint density at radius 3 is 2.68 bits per heavy atom. The molecule has 1 aliphatic rings. The Morgan fingerprint density at radius 1 is 1.37 bits per heavy atom. The Morgan fingerprint density at radius 2 is 2.05 bits per heavy atom. The summed E-state index contributed by atoms with van der Waals surface area (Å²) < 4.78 is 0. The first-order valence-electron chi connectivity index (χ1n) is 6.75. The van der Waals surface area contributed by atoms with Crippen molar-refractivity contribution in [3.8, 4) is 0 Å². The van der Waals surface area contributed by atoms with Crippen LogP contribution in [0.1, 0.15) is 26.3 Å². The lowest BCUT2D eigenvalue weighted by atomic mass is 10.1. The molecule has 0 saturated heterocycles. The predicted octanol–water partition coefficient (Wildman–Crippen LogP) is 1.74. The lowest BCUT2D eigenvalue weighted by Gasteiger charge is -2.26. The van der Waals surface area contributed by atoms with E-state index in [1.807, 2.05) is 45.0 Å². The molecule has 102 valence electrons. The predicted molar refractivity (Wildman–Crippen MR) is 74.9 cm³/mol. The molecule has 0 radical (unpaired) electrons. The maximum Gasteiger partial charge on any atom is 0.243 e. The Kier molecular flexibility index (Phi) is 3.88. The fourth-order valence-corrected chi connectivity index (χ4v) is 2.44. The minimum Gasteiger partial charge on any atom is -0.355 e. The van der Waals surface area contributed by atoms with Crippen LogP contribution >= 0.6 is 0 Å². The highest BCUT2D eigenvalue weighted by Crippen LogP contribution is 2.33. The number of fused-ring (bicyclic) bond motifs is 1. The summed E-state index contributed by atoms with van der Waals surface area (Å²) in [6.45, 7) is 6.18. The Labute approximate surface area is 113 Å². The first-order chi connectivity index (χ1) is 9.06. The number of para-hydroxylation sites is 1. The van der Waals surface area contributed by atoms with E-state index in [9.17, 15) is 9.59 Å². The van der Waals surface area contributed by atoms with Gasteiger partial charge in [0.2, 0.25) is 11.8 Å². The lowest BCUT2D eigenvalue weighted by Crippen LogP contribution is -2.49. The summed E-state index contributed by atoms with van der Waals surface area (Å²) in [6.07, 6.45) is 0.598. The molecule has 1 aliphatic heterocycles. The molecule has 0 bridgehead atoms. The number of hydrogen-bond acceptors (Lipinski definition) is 2. The van der Waals surface area contributed by atoms with Crippen molar-refractivity contribution in [1.29, 1.82) is 0 Å². The third-order valence-electron chi connectivity index (χ3n) is 3.36. The number of amides is 2. The zero-order valence-corrected chi connectivity index (χ0v) is 11.6. The second-order valence-electron chi connectivity index (χ2n) is 5.11. The molecule has 4 nitrogen and oxygen atoms in total. The van der Waals surface area contributed by atoms with Crippen molar-refractivity contribution in [3.05, 3.63) is 29.8 Å². The van der Waals surface area contributed by atoms with Gasteiger partial charge in [-0.25, -0.2) is 0 Å². The van der Waals surface area contributed by atoms with Crippen LogP contribution in [0, 0.1) is 5.92 Å². The monoisotopic (exact) mass is 260 g/mol. The van der Waals surface area contributed by atoms with E-state index in [0.29, 0.717) is 13.0 Å². The molecule has 0 aliphatic carbocycles. The second-order valence-corrected chi connectivity index (χ2v) is 5.11. The standard InChI is InChI=1S/C15H20N2O2/c1-4-16-14(18)13-9-11-7-5-6-8-12(11)17(13)15(19)10(2)3/h5-8,10,13H,4,9H2,1-3H3,(H,16,18). The molecule has 1 aromatic carbocycles. The first-order valence-corrected chi connectivity index (χ1v) is 6.75. The molecule has 1 aromatic rings. The van der Waals surface area contributed by atoms with Crippen LogP contribution in [-0.4, -0.2) is 24.4 Å². The topological polar surface area (TPSA) is 49.4 Å². The van der Waals surface area contributed by atoms with E-state index in [-0.39, 0.29) is 17.7 Å². The van der Waals surface area contributed by atoms with Crippen LogP contribution in [0.4, 0.5) is 5.69 Å². The van der Waals surface area contributed by atoms with Crippen molar-refractivity contribution in [1.82, 2.24) is 5.32 Å². The van der Waals surface area contributed by atoms with Crippen molar-refractivity contribution in [2.24, 2.45) is 5.92 Å². The van der Waals surface area contributed by atoms with Crippen LogP contribution in [0.5, 0.6) is 0 Å². The quantitative estimate of drug-likeness (QED) is 0.900.